The Morgan fingerprint density at radius 1 is 1.32 bits per heavy atom. The lowest BCUT2D eigenvalue weighted by Gasteiger charge is -2.40. The van der Waals surface area contributed by atoms with E-state index in [-0.39, 0.29) is 12.1 Å². The Morgan fingerprint density at radius 3 is 2.58 bits per heavy atom. The van der Waals surface area contributed by atoms with Gasteiger partial charge in [-0.3, -0.25) is 9.88 Å². The summed E-state index contributed by atoms with van der Waals surface area (Å²) in [6.45, 7) is 10.0. The van der Waals surface area contributed by atoms with Crippen LogP contribution in [-0.2, 0) is 0 Å². The second-order valence-electron chi connectivity index (χ2n) is 5.47. The monoisotopic (exact) mass is 262 g/mol. The minimum Gasteiger partial charge on any atom is -0.326 e. The van der Waals surface area contributed by atoms with Crippen molar-refractivity contribution in [2.75, 3.05) is 32.7 Å². The van der Waals surface area contributed by atoms with Gasteiger partial charge in [0, 0.05) is 44.6 Å². The summed E-state index contributed by atoms with van der Waals surface area (Å²) in [5, 5.41) is 0. The first-order valence-corrected chi connectivity index (χ1v) is 7.34. The maximum Gasteiger partial charge on any atom is 0.0512 e. The van der Waals surface area contributed by atoms with E-state index in [1.54, 1.807) is 0 Å². The van der Waals surface area contributed by atoms with Crippen LogP contribution >= 0.6 is 0 Å². The normalized spacial score (nSPS) is 21.2. The number of rotatable bonds is 5. The Bertz CT molecular complexity index is 358. The molecule has 2 heterocycles. The van der Waals surface area contributed by atoms with Gasteiger partial charge in [0.2, 0.25) is 0 Å². The second kappa shape index (κ2) is 6.98. The fourth-order valence-corrected chi connectivity index (χ4v) is 2.98. The van der Waals surface area contributed by atoms with Crippen molar-refractivity contribution < 1.29 is 0 Å². The first-order valence-electron chi connectivity index (χ1n) is 7.34. The standard InChI is InChI=1S/C15H26N4/c1-3-7-18-8-10-19(11-9-18)15(13(2)16)14-5-4-6-17-12-14/h4-6,12-13,15H,3,7-11,16H2,1-2H3. The molecular weight excluding hydrogens is 236 g/mol. The van der Waals surface area contributed by atoms with Crippen molar-refractivity contribution in [1.82, 2.24) is 14.8 Å². The summed E-state index contributed by atoms with van der Waals surface area (Å²) in [6.07, 6.45) is 5.01. The fraction of sp³-hybridized carbons (Fsp3) is 0.667. The van der Waals surface area contributed by atoms with E-state index >= 15 is 0 Å². The molecule has 0 aromatic carbocycles. The highest BCUT2D eigenvalue weighted by Gasteiger charge is 2.27. The van der Waals surface area contributed by atoms with Crippen LogP contribution in [-0.4, -0.2) is 53.5 Å². The molecule has 106 valence electrons. The highest BCUT2D eigenvalue weighted by Crippen LogP contribution is 2.24. The molecule has 0 saturated carbocycles. The maximum atomic E-state index is 6.21. The average molecular weight is 262 g/mol. The van der Waals surface area contributed by atoms with Gasteiger partial charge in [-0.2, -0.15) is 0 Å². The molecule has 1 fully saturated rings. The number of hydrogen-bond donors (Lipinski definition) is 1. The molecule has 19 heavy (non-hydrogen) atoms. The molecule has 1 aromatic rings. The predicted octanol–water partition coefficient (Wildman–Crippen LogP) is 1.50. The Labute approximate surface area is 116 Å². The van der Waals surface area contributed by atoms with Gasteiger partial charge in [0.15, 0.2) is 0 Å². The predicted molar refractivity (Wildman–Crippen MR) is 78.9 cm³/mol. The number of nitrogens with two attached hydrogens (primary N) is 1. The van der Waals surface area contributed by atoms with Crippen LogP contribution in [0.25, 0.3) is 0 Å². The number of aromatic nitrogens is 1. The highest BCUT2D eigenvalue weighted by molar-refractivity contribution is 5.16. The fourth-order valence-electron chi connectivity index (χ4n) is 2.98. The number of hydrogen-bond acceptors (Lipinski definition) is 4. The highest BCUT2D eigenvalue weighted by atomic mass is 15.3. The van der Waals surface area contributed by atoms with E-state index in [9.17, 15) is 0 Å². The molecule has 2 rings (SSSR count). The summed E-state index contributed by atoms with van der Waals surface area (Å²) in [7, 11) is 0. The smallest absolute Gasteiger partial charge is 0.0512 e. The van der Waals surface area contributed by atoms with Gasteiger partial charge < -0.3 is 10.6 Å². The van der Waals surface area contributed by atoms with E-state index in [4.69, 9.17) is 5.73 Å². The second-order valence-corrected chi connectivity index (χ2v) is 5.47. The molecule has 2 unspecified atom stereocenters. The number of pyridine rings is 1. The van der Waals surface area contributed by atoms with Crippen molar-refractivity contribution in [2.45, 2.75) is 32.4 Å². The molecule has 4 nitrogen and oxygen atoms in total. The van der Waals surface area contributed by atoms with Crippen molar-refractivity contribution in [2.24, 2.45) is 5.73 Å². The lowest BCUT2D eigenvalue weighted by molar-refractivity contribution is 0.0867. The SMILES string of the molecule is CCCN1CCN(C(c2cccnc2)C(C)N)CC1. The Hall–Kier alpha value is -0.970. The van der Waals surface area contributed by atoms with Crippen LogP contribution in [0.3, 0.4) is 0 Å². The molecule has 4 heteroatoms. The largest absolute Gasteiger partial charge is 0.326 e. The Balaban J connectivity index is 2.02. The van der Waals surface area contributed by atoms with E-state index in [1.807, 2.05) is 18.5 Å². The van der Waals surface area contributed by atoms with Crippen LogP contribution in [0.4, 0.5) is 0 Å². The van der Waals surface area contributed by atoms with Crippen LogP contribution in [0, 0.1) is 0 Å². The van der Waals surface area contributed by atoms with E-state index in [1.165, 1.54) is 18.5 Å². The zero-order valence-corrected chi connectivity index (χ0v) is 12.1. The van der Waals surface area contributed by atoms with Crippen molar-refractivity contribution in [1.29, 1.82) is 0 Å². The Morgan fingerprint density at radius 2 is 2.05 bits per heavy atom. The van der Waals surface area contributed by atoms with E-state index in [0.717, 1.165) is 26.2 Å². The molecule has 0 spiro atoms. The van der Waals surface area contributed by atoms with Crippen LogP contribution < -0.4 is 5.73 Å². The number of piperazine rings is 1. The molecule has 2 atom stereocenters. The summed E-state index contributed by atoms with van der Waals surface area (Å²) in [6, 6.07) is 4.55. The molecule has 0 aliphatic carbocycles. The first-order chi connectivity index (χ1) is 9.22. The quantitative estimate of drug-likeness (QED) is 0.873. The zero-order chi connectivity index (χ0) is 13.7. The molecule has 0 bridgehead atoms. The van der Waals surface area contributed by atoms with Crippen molar-refractivity contribution in [3.8, 4) is 0 Å². The summed E-state index contributed by atoms with van der Waals surface area (Å²) in [4.78, 5) is 9.28. The number of nitrogens with zero attached hydrogens (tertiary/aromatic N) is 3. The molecule has 1 saturated heterocycles. The topological polar surface area (TPSA) is 45.4 Å². The van der Waals surface area contributed by atoms with Crippen molar-refractivity contribution in [3.05, 3.63) is 30.1 Å². The van der Waals surface area contributed by atoms with Crippen molar-refractivity contribution in [3.63, 3.8) is 0 Å². The maximum absolute atomic E-state index is 6.21. The van der Waals surface area contributed by atoms with Crippen LogP contribution in [0.15, 0.2) is 24.5 Å². The molecule has 1 aliphatic rings. The van der Waals surface area contributed by atoms with Crippen LogP contribution in [0.2, 0.25) is 0 Å². The van der Waals surface area contributed by atoms with Gasteiger partial charge >= 0.3 is 0 Å². The van der Waals surface area contributed by atoms with Crippen molar-refractivity contribution >= 4 is 0 Å². The molecule has 0 amide bonds. The summed E-state index contributed by atoms with van der Waals surface area (Å²) < 4.78 is 0. The first kappa shape index (κ1) is 14.4. The van der Waals surface area contributed by atoms with Gasteiger partial charge in [0.05, 0.1) is 6.04 Å². The third-order valence-electron chi connectivity index (χ3n) is 3.86. The van der Waals surface area contributed by atoms with E-state index < -0.39 is 0 Å². The van der Waals surface area contributed by atoms with Gasteiger partial charge in [-0.25, -0.2) is 0 Å². The zero-order valence-electron chi connectivity index (χ0n) is 12.1. The third-order valence-corrected chi connectivity index (χ3v) is 3.86. The average Bonchev–Trinajstić information content (AvgIpc) is 2.42. The van der Waals surface area contributed by atoms with Gasteiger partial charge in [0.25, 0.3) is 0 Å². The molecule has 2 N–H and O–H groups in total. The molecular formula is C15H26N4. The van der Waals surface area contributed by atoms with E-state index in [0.29, 0.717) is 0 Å². The third kappa shape index (κ3) is 3.75. The molecule has 0 radical (unpaired) electrons. The lowest BCUT2D eigenvalue weighted by atomic mass is 10.00. The minimum absolute atomic E-state index is 0.127. The van der Waals surface area contributed by atoms with Gasteiger partial charge in [-0.15, -0.1) is 0 Å². The van der Waals surface area contributed by atoms with Gasteiger partial charge in [-0.05, 0) is 31.5 Å². The lowest BCUT2D eigenvalue weighted by Crippen LogP contribution is -2.50. The molecule has 1 aromatic heterocycles. The van der Waals surface area contributed by atoms with Gasteiger partial charge in [-0.1, -0.05) is 13.0 Å². The summed E-state index contributed by atoms with van der Waals surface area (Å²) >= 11 is 0. The summed E-state index contributed by atoms with van der Waals surface area (Å²) in [5.41, 5.74) is 7.45. The Kier molecular flexibility index (Phi) is 5.31. The van der Waals surface area contributed by atoms with Crippen LogP contribution in [0.5, 0.6) is 0 Å². The van der Waals surface area contributed by atoms with E-state index in [2.05, 4.69) is 34.7 Å². The summed E-state index contributed by atoms with van der Waals surface area (Å²) in [5.74, 6) is 0. The molecule has 1 aliphatic heterocycles. The van der Waals surface area contributed by atoms with Gasteiger partial charge in [0.1, 0.15) is 0 Å². The minimum atomic E-state index is 0.127. The van der Waals surface area contributed by atoms with Crippen LogP contribution in [0.1, 0.15) is 31.9 Å².